The number of benzene rings is 2. The number of ether oxygens (including phenoxy) is 1. The van der Waals surface area contributed by atoms with Crippen molar-refractivity contribution in [3.05, 3.63) is 58.4 Å². The maximum absolute atomic E-state index is 12.4. The van der Waals surface area contributed by atoms with Crippen molar-refractivity contribution in [3.8, 4) is 22.6 Å². The highest BCUT2D eigenvalue weighted by Crippen LogP contribution is 2.40. The summed E-state index contributed by atoms with van der Waals surface area (Å²) >= 11 is 0. The molecule has 3 aromatic rings. The minimum Gasteiger partial charge on any atom is -0.506 e. The highest BCUT2D eigenvalue weighted by molar-refractivity contribution is 5.91. The summed E-state index contributed by atoms with van der Waals surface area (Å²) in [5, 5.41) is 11.2. The zero-order valence-electron chi connectivity index (χ0n) is 13.6. The molecule has 1 N–H and O–H groups in total. The van der Waals surface area contributed by atoms with Gasteiger partial charge in [0.25, 0.3) is 0 Å². The number of rotatable bonds is 1. The van der Waals surface area contributed by atoms with Crippen molar-refractivity contribution in [1.82, 2.24) is 0 Å². The molecule has 0 saturated heterocycles. The van der Waals surface area contributed by atoms with Gasteiger partial charge in [-0.1, -0.05) is 30.3 Å². The largest absolute Gasteiger partial charge is 0.506 e. The predicted molar refractivity (Wildman–Crippen MR) is 92.6 cm³/mol. The van der Waals surface area contributed by atoms with Crippen molar-refractivity contribution < 1.29 is 14.3 Å². The summed E-state index contributed by atoms with van der Waals surface area (Å²) in [5.41, 5.74) is 1.40. The highest BCUT2D eigenvalue weighted by atomic mass is 16.5. The Labute approximate surface area is 139 Å². The third kappa shape index (κ3) is 2.35. The Morgan fingerprint density at radius 3 is 2.62 bits per heavy atom. The van der Waals surface area contributed by atoms with Crippen molar-refractivity contribution in [2.75, 3.05) is 0 Å². The van der Waals surface area contributed by atoms with Crippen LogP contribution in [-0.4, -0.2) is 10.7 Å². The Balaban J connectivity index is 1.96. The second kappa shape index (κ2) is 5.13. The van der Waals surface area contributed by atoms with Crippen LogP contribution in [-0.2, 0) is 6.42 Å². The highest BCUT2D eigenvalue weighted by Gasteiger charge is 2.28. The Hall–Kier alpha value is -2.75. The zero-order chi connectivity index (χ0) is 16.9. The van der Waals surface area contributed by atoms with Crippen molar-refractivity contribution >= 4 is 11.0 Å². The molecule has 1 aliphatic heterocycles. The van der Waals surface area contributed by atoms with Crippen LogP contribution < -0.4 is 10.4 Å². The second-order valence-corrected chi connectivity index (χ2v) is 6.80. The molecule has 0 aliphatic carbocycles. The average Bonchev–Trinajstić information content (AvgIpc) is 2.54. The van der Waals surface area contributed by atoms with Crippen molar-refractivity contribution in [2.45, 2.75) is 32.3 Å². The molecule has 4 heteroatoms. The van der Waals surface area contributed by atoms with Gasteiger partial charge < -0.3 is 14.3 Å². The molecule has 2 heterocycles. The molecule has 1 aromatic heterocycles. The van der Waals surface area contributed by atoms with Gasteiger partial charge in [0.1, 0.15) is 28.2 Å². The topological polar surface area (TPSA) is 59.7 Å². The maximum atomic E-state index is 12.4. The molecule has 0 fully saturated rings. The van der Waals surface area contributed by atoms with Crippen LogP contribution in [0.1, 0.15) is 25.8 Å². The molecule has 24 heavy (non-hydrogen) atoms. The first kappa shape index (κ1) is 14.8. The van der Waals surface area contributed by atoms with E-state index in [4.69, 9.17) is 9.15 Å². The van der Waals surface area contributed by atoms with Crippen LogP contribution in [0.5, 0.6) is 11.5 Å². The van der Waals surface area contributed by atoms with Crippen molar-refractivity contribution in [1.29, 1.82) is 0 Å². The van der Waals surface area contributed by atoms with E-state index < -0.39 is 5.63 Å². The van der Waals surface area contributed by atoms with Gasteiger partial charge in [0.05, 0.1) is 5.39 Å². The van der Waals surface area contributed by atoms with Crippen LogP contribution in [0.4, 0.5) is 0 Å². The van der Waals surface area contributed by atoms with Gasteiger partial charge in [0, 0.05) is 6.07 Å². The second-order valence-electron chi connectivity index (χ2n) is 6.80. The number of hydrogen-bond donors (Lipinski definition) is 1. The molecular formula is C20H18O4. The molecular weight excluding hydrogens is 304 g/mol. The summed E-state index contributed by atoms with van der Waals surface area (Å²) in [7, 11) is 0. The molecule has 0 saturated carbocycles. The van der Waals surface area contributed by atoms with E-state index in [2.05, 4.69) is 0 Å². The number of hydrogen-bond acceptors (Lipinski definition) is 4. The van der Waals surface area contributed by atoms with E-state index in [1.54, 1.807) is 18.2 Å². The molecule has 0 unspecified atom stereocenters. The lowest BCUT2D eigenvalue weighted by Gasteiger charge is -2.32. The predicted octanol–water partition coefficient (Wildman–Crippen LogP) is 4.27. The van der Waals surface area contributed by atoms with Crippen molar-refractivity contribution in [2.24, 2.45) is 0 Å². The zero-order valence-corrected chi connectivity index (χ0v) is 13.6. The van der Waals surface area contributed by atoms with Gasteiger partial charge >= 0.3 is 5.63 Å². The van der Waals surface area contributed by atoms with Crippen molar-refractivity contribution in [3.63, 3.8) is 0 Å². The van der Waals surface area contributed by atoms with Gasteiger partial charge in [-0.15, -0.1) is 0 Å². The molecule has 4 rings (SSSR count). The minimum absolute atomic E-state index is 0.0416. The summed E-state index contributed by atoms with van der Waals surface area (Å²) in [5.74, 6) is 0.675. The van der Waals surface area contributed by atoms with Crippen LogP contribution in [0.25, 0.3) is 22.1 Å². The third-order valence-corrected chi connectivity index (χ3v) is 4.51. The first-order valence-electron chi connectivity index (χ1n) is 8.02. The van der Waals surface area contributed by atoms with Crippen LogP contribution in [0.3, 0.4) is 0 Å². The Bertz CT molecular complexity index is 984. The van der Waals surface area contributed by atoms with Gasteiger partial charge in [-0.3, -0.25) is 0 Å². The number of aryl methyl sites for hydroxylation is 1. The fourth-order valence-electron chi connectivity index (χ4n) is 3.19. The fraction of sp³-hybridized carbons (Fsp3) is 0.250. The lowest BCUT2D eigenvalue weighted by atomic mass is 9.93. The average molecular weight is 322 g/mol. The summed E-state index contributed by atoms with van der Waals surface area (Å²) in [6.07, 6.45) is 1.76. The SMILES string of the molecule is CC1(C)CCc2cc3c(O)c(-c4ccccc4)c(=O)oc3cc2O1. The molecule has 1 aliphatic rings. The number of fused-ring (bicyclic) bond motifs is 2. The first-order chi connectivity index (χ1) is 11.4. The minimum atomic E-state index is -0.554. The molecule has 0 radical (unpaired) electrons. The summed E-state index contributed by atoms with van der Waals surface area (Å²) < 4.78 is 11.4. The van der Waals surface area contributed by atoms with Gasteiger partial charge in [0.15, 0.2) is 0 Å². The maximum Gasteiger partial charge on any atom is 0.347 e. The number of aromatic hydroxyl groups is 1. The normalized spacial score (nSPS) is 15.8. The van der Waals surface area contributed by atoms with E-state index in [0.29, 0.717) is 22.3 Å². The Morgan fingerprint density at radius 2 is 1.88 bits per heavy atom. The third-order valence-electron chi connectivity index (χ3n) is 4.51. The van der Waals surface area contributed by atoms with Gasteiger partial charge in [-0.05, 0) is 43.9 Å². The molecule has 0 amide bonds. The van der Waals surface area contributed by atoms with E-state index >= 15 is 0 Å². The quantitative estimate of drug-likeness (QED) is 0.680. The lowest BCUT2D eigenvalue weighted by Crippen LogP contribution is -2.32. The molecule has 2 aromatic carbocycles. The first-order valence-corrected chi connectivity index (χ1v) is 8.02. The van der Waals surface area contributed by atoms with E-state index in [9.17, 15) is 9.90 Å². The standard InChI is InChI=1S/C20H18O4/c1-20(2)9-8-13-10-14-16(11-15(13)24-20)23-19(22)17(18(14)21)12-6-4-3-5-7-12/h3-7,10-11,21H,8-9H2,1-2H3. The van der Waals surface area contributed by atoms with Gasteiger partial charge in [-0.25, -0.2) is 4.79 Å². The van der Waals surface area contributed by atoms with Crippen LogP contribution in [0.2, 0.25) is 0 Å². The fourth-order valence-corrected chi connectivity index (χ4v) is 3.19. The molecule has 0 bridgehead atoms. The van der Waals surface area contributed by atoms with Crippen LogP contribution in [0, 0.1) is 0 Å². The van der Waals surface area contributed by atoms with Gasteiger partial charge in [-0.2, -0.15) is 0 Å². The van der Waals surface area contributed by atoms with Gasteiger partial charge in [0.2, 0.25) is 0 Å². The van der Waals surface area contributed by atoms with E-state index in [-0.39, 0.29) is 16.9 Å². The van der Waals surface area contributed by atoms with E-state index in [1.807, 2.05) is 38.1 Å². The van der Waals surface area contributed by atoms with E-state index in [1.165, 1.54) is 0 Å². The summed E-state index contributed by atoms with van der Waals surface area (Å²) in [4.78, 5) is 12.4. The van der Waals surface area contributed by atoms with Crippen LogP contribution >= 0.6 is 0 Å². The Morgan fingerprint density at radius 1 is 1.12 bits per heavy atom. The van der Waals surface area contributed by atoms with Crippen LogP contribution in [0.15, 0.2) is 51.7 Å². The molecule has 4 nitrogen and oxygen atoms in total. The lowest BCUT2D eigenvalue weighted by molar-refractivity contribution is 0.0848. The summed E-state index contributed by atoms with van der Waals surface area (Å²) in [6, 6.07) is 12.6. The smallest absolute Gasteiger partial charge is 0.347 e. The summed E-state index contributed by atoms with van der Waals surface area (Å²) in [6.45, 7) is 4.07. The Kier molecular flexibility index (Phi) is 3.17. The molecule has 0 atom stereocenters. The molecule has 122 valence electrons. The van der Waals surface area contributed by atoms with E-state index in [0.717, 1.165) is 18.4 Å². The monoisotopic (exact) mass is 322 g/mol. The molecule has 0 spiro atoms.